The zero-order valence-electron chi connectivity index (χ0n) is 10.9. The molecule has 2 aliphatic rings. The Bertz CT molecular complexity index is 609. The number of ether oxygens (including phenoxy) is 2. The molecule has 2 aliphatic heterocycles. The molecule has 108 valence electrons. The Hall–Kier alpha value is -2.67. The van der Waals surface area contributed by atoms with Crippen LogP contribution in [0.15, 0.2) is 29.8 Å². The van der Waals surface area contributed by atoms with Crippen molar-refractivity contribution in [1.82, 2.24) is 10.6 Å². The van der Waals surface area contributed by atoms with Crippen molar-refractivity contribution < 1.29 is 23.9 Å². The van der Waals surface area contributed by atoms with Crippen LogP contribution in [0.3, 0.4) is 0 Å². The van der Waals surface area contributed by atoms with Crippen LogP contribution in [-0.4, -0.2) is 37.2 Å². The topological polar surface area (TPSA) is 97.0 Å². The van der Waals surface area contributed by atoms with Gasteiger partial charge in [0.1, 0.15) is 24.0 Å². The van der Waals surface area contributed by atoms with Gasteiger partial charge in [0.25, 0.3) is 11.8 Å². The summed E-state index contributed by atoms with van der Waals surface area (Å²) >= 11 is 0. The van der Waals surface area contributed by atoms with E-state index < -0.39 is 17.8 Å². The summed E-state index contributed by atoms with van der Waals surface area (Å²) in [5.41, 5.74) is 0.536. The number of carbonyl (C=O) groups is 3. The lowest BCUT2D eigenvalue weighted by molar-refractivity contribution is -0.123. The number of imide groups is 2. The van der Waals surface area contributed by atoms with Crippen molar-refractivity contribution in [2.45, 2.75) is 6.10 Å². The highest BCUT2D eigenvalue weighted by Gasteiger charge is 2.27. The van der Waals surface area contributed by atoms with E-state index in [0.29, 0.717) is 17.9 Å². The van der Waals surface area contributed by atoms with E-state index in [0.717, 1.165) is 6.61 Å². The van der Waals surface area contributed by atoms with E-state index in [-0.39, 0.29) is 11.7 Å². The van der Waals surface area contributed by atoms with Gasteiger partial charge in [0.05, 0.1) is 6.61 Å². The molecule has 0 spiro atoms. The second kappa shape index (κ2) is 5.37. The summed E-state index contributed by atoms with van der Waals surface area (Å²) in [6.07, 6.45) is 1.59. The quantitative estimate of drug-likeness (QED) is 0.469. The predicted molar refractivity (Wildman–Crippen MR) is 71.3 cm³/mol. The van der Waals surface area contributed by atoms with Crippen molar-refractivity contribution in [2.75, 3.05) is 13.2 Å². The number of nitrogens with one attached hydrogen (secondary N) is 2. The van der Waals surface area contributed by atoms with Crippen LogP contribution in [0, 0.1) is 0 Å². The number of carbonyl (C=O) groups excluding carboxylic acids is 3. The molecule has 3 rings (SSSR count). The minimum absolute atomic E-state index is 0.116. The van der Waals surface area contributed by atoms with Crippen molar-refractivity contribution in [3.63, 3.8) is 0 Å². The Morgan fingerprint density at radius 1 is 1.14 bits per heavy atom. The second-order valence-corrected chi connectivity index (χ2v) is 4.63. The monoisotopic (exact) mass is 288 g/mol. The molecule has 1 aromatic carbocycles. The summed E-state index contributed by atoms with van der Waals surface area (Å²) in [7, 11) is 0. The standard InChI is InChI=1S/C14H12N2O5/c17-12-11(13(18)16-14(19)15-12)5-8-1-3-9(4-2-8)20-6-10-7-21-10/h1-5,10H,6-7H2,(H2,15,16,17,18,19)/t10-/m0/s1. The van der Waals surface area contributed by atoms with Crippen LogP contribution in [0.2, 0.25) is 0 Å². The van der Waals surface area contributed by atoms with Gasteiger partial charge in [0, 0.05) is 0 Å². The summed E-state index contributed by atoms with van der Waals surface area (Å²) in [6, 6.07) is 6.09. The third-order valence-corrected chi connectivity index (χ3v) is 2.97. The minimum atomic E-state index is -0.812. The zero-order valence-corrected chi connectivity index (χ0v) is 10.9. The Labute approximate surface area is 119 Å². The molecule has 0 saturated carbocycles. The molecule has 2 heterocycles. The molecule has 2 fully saturated rings. The highest BCUT2D eigenvalue weighted by atomic mass is 16.6. The van der Waals surface area contributed by atoms with Crippen molar-refractivity contribution >= 4 is 23.9 Å². The predicted octanol–water partition coefficient (Wildman–Crippen LogP) is 0.214. The first-order valence-electron chi connectivity index (χ1n) is 6.34. The van der Waals surface area contributed by atoms with Crippen LogP contribution in [0.1, 0.15) is 5.56 Å². The molecule has 21 heavy (non-hydrogen) atoms. The van der Waals surface area contributed by atoms with Crippen LogP contribution in [0.4, 0.5) is 4.79 Å². The lowest BCUT2D eigenvalue weighted by Crippen LogP contribution is -2.51. The number of benzene rings is 1. The van der Waals surface area contributed by atoms with Crippen LogP contribution in [-0.2, 0) is 14.3 Å². The fraction of sp³-hybridized carbons (Fsp3) is 0.214. The van der Waals surface area contributed by atoms with Gasteiger partial charge in [-0.15, -0.1) is 0 Å². The highest BCUT2D eigenvalue weighted by molar-refractivity contribution is 6.31. The maximum Gasteiger partial charge on any atom is 0.328 e. The normalized spacial score (nSPS) is 20.7. The average molecular weight is 288 g/mol. The highest BCUT2D eigenvalue weighted by Crippen LogP contribution is 2.17. The SMILES string of the molecule is O=C1NC(=O)C(=Cc2ccc(OC[C@H]3CO3)cc2)C(=O)N1. The number of hydrogen-bond acceptors (Lipinski definition) is 5. The maximum atomic E-state index is 11.6. The van der Waals surface area contributed by atoms with Crippen molar-refractivity contribution in [3.8, 4) is 5.75 Å². The van der Waals surface area contributed by atoms with Crippen LogP contribution in [0.25, 0.3) is 6.08 Å². The molecule has 0 bridgehead atoms. The molecule has 2 N–H and O–H groups in total. The van der Waals surface area contributed by atoms with Gasteiger partial charge in [0.2, 0.25) is 0 Å². The van der Waals surface area contributed by atoms with E-state index in [1.54, 1.807) is 24.3 Å². The number of barbiturate groups is 1. The summed E-state index contributed by atoms with van der Waals surface area (Å²) in [6.45, 7) is 1.24. The Balaban J connectivity index is 1.70. The van der Waals surface area contributed by atoms with Gasteiger partial charge in [-0.1, -0.05) is 12.1 Å². The summed E-state index contributed by atoms with van der Waals surface area (Å²) in [5.74, 6) is -0.745. The fourth-order valence-corrected chi connectivity index (χ4v) is 1.79. The van der Waals surface area contributed by atoms with Gasteiger partial charge in [-0.05, 0) is 23.8 Å². The molecular formula is C14H12N2O5. The number of epoxide rings is 1. The molecule has 0 radical (unpaired) electrons. The molecule has 4 amide bonds. The smallest absolute Gasteiger partial charge is 0.328 e. The Morgan fingerprint density at radius 2 is 1.76 bits per heavy atom. The first-order chi connectivity index (χ1) is 10.1. The van der Waals surface area contributed by atoms with E-state index in [4.69, 9.17) is 9.47 Å². The zero-order chi connectivity index (χ0) is 14.8. The van der Waals surface area contributed by atoms with Crippen LogP contribution >= 0.6 is 0 Å². The average Bonchev–Trinajstić information content (AvgIpc) is 3.26. The summed E-state index contributed by atoms with van der Waals surface area (Å²) in [5, 5.41) is 4.03. The third kappa shape index (κ3) is 3.26. The number of amides is 4. The number of rotatable bonds is 4. The largest absolute Gasteiger partial charge is 0.491 e. The molecule has 7 nitrogen and oxygen atoms in total. The molecule has 0 unspecified atom stereocenters. The van der Waals surface area contributed by atoms with E-state index >= 15 is 0 Å². The third-order valence-electron chi connectivity index (χ3n) is 2.97. The molecule has 1 atom stereocenters. The molecular weight excluding hydrogens is 276 g/mol. The number of hydrogen-bond donors (Lipinski definition) is 2. The second-order valence-electron chi connectivity index (χ2n) is 4.63. The Kier molecular flexibility index (Phi) is 3.41. The fourth-order valence-electron chi connectivity index (χ4n) is 1.79. The number of urea groups is 1. The van der Waals surface area contributed by atoms with Gasteiger partial charge < -0.3 is 9.47 Å². The van der Waals surface area contributed by atoms with Crippen LogP contribution < -0.4 is 15.4 Å². The molecule has 7 heteroatoms. The van der Waals surface area contributed by atoms with Crippen molar-refractivity contribution in [2.24, 2.45) is 0 Å². The Morgan fingerprint density at radius 3 is 2.33 bits per heavy atom. The van der Waals surface area contributed by atoms with Gasteiger partial charge in [-0.3, -0.25) is 20.2 Å². The van der Waals surface area contributed by atoms with E-state index in [1.807, 2.05) is 10.6 Å². The minimum Gasteiger partial charge on any atom is -0.491 e. The van der Waals surface area contributed by atoms with E-state index in [2.05, 4.69) is 0 Å². The van der Waals surface area contributed by atoms with Gasteiger partial charge >= 0.3 is 6.03 Å². The summed E-state index contributed by atoms with van der Waals surface area (Å²) in [4.78, 5) is 34.1. The summed E-state index contributed by atoms with van der Waals surface area (Å²) < 4.78 is 10.5. The van der Waals surface area contributed by atoms with E-state index in [9.17, 15) is 14.4 Å². The van der Waals surface area contributed by atoms with Crippen molar-refractivity contribution in [3.05, 3.63) is 35.4 Å². The molecule has 1 aromatic rings. The molecule has 0 aliphatic carbocycles. The van der Waals surface area contributed by atoms with Gasteiger partial charge in [-0.2, -0.15) is 0 Å². The maximum absolute atomic E-state index is 11.6. The molecule has 0 aromatic heterocycles. The first-order valence-corrected chi connectivity index (χ1v) is 6.34. The lowest BCUT2D eigenvalue weighted by Gasteiger charge is -2.13. The van der Waals surface area contributed by atoms with Crippen LogP contribution in [0.5, 0.6) is 5.75 Å². The van der Waals surface area contributed by atoms with Gasteiger partial charge in [0.15, 0.2) is 0 Å². The van der Waals surface area contributed by atoms with Crippen molar-refractivity contribution in [1.29, 1.82) is 0 Å². The molecule has 2 saturated heterocycles. The van der Waals surface area contributed by atoms with E-state index in [1.165, 1.54) is 6.08 Å². The van der Waals surface area contributed by atoms with Gasteiger partial charge in [-0.25, -0.2) is 4.79 Å². The first kappa shape index (κ1) is 13.3. The lowest BCUT2D eigenvalue weighted by atomic mass is 10.1.